The molecule has 2 unspecified atom stereocenters. The summed E-state index contributed by atoms with van der Waals surface area (Å²) in [5, 5.41) is 4.67. The molecule has 0 bridgehead atoms. The summed E-state index contributed by atoms with van der Waals surface area (Å²) in [6.07, 6.45) is 8.20. The van der Waals surface area contributed by atoms with Gasteiger partial charge in [-0.15, -0.1) is 0 Å². The number of hydrogen-bond donors (Lipinski definition) is 1. The SMILES string of the molecule is CC(C)c1nn(C)c(N2CCCC3CCCCC32)c1N. The van der Waals surface area contributed by atoms with Crippen molar-refractivity contribution in [1.29, 1.82) is 0 Å². The number of aromatic nitrogens is 2. The van der Waals surface area contributed by atoms with E-state index in [4.69, 9.17) is 5.73 Å². The minimum Gasteiger partial charge on any atom is -0.394 e. The number of nitrogens with zero attached hydrogens (tertiary/aromatic N) is 3. The summed E-state index contributed by atoms with van der Waals surface area (Å²) in [4.78, 5) is 2.57. The second-order valence-electron chi connectivity index (χ2n) is 6.85. The Hall–Kier alpha value is -1.19. The van der Waals surface area contributed by atoms with E-state index in [-0.39, 0.29) is 0 Å². The Labute approximate surface area is 122 Å². The third kappa shape index (κ3) is 2.19. The van der Waals surface area contributed by atoms with Gasteiger partial charge in [-0.25, -0.2) is 0 Å². The van der Waals surface area contributed by atoms with Crippen LogP contribution < -0.4 is 10.6 Å². The average molecular weight is 276 g/mol. The van der Waals surface area contributed by atoms with Gasteiger partial charge < -0.3 is 10.6 Å². The van der Waals surface area contributed by atoms with Crippen LogP contribution in [0.25, 0.3) is 0 Å². The molecular formula is C16H28N4. The molecule has 2 aliphatic rings. The van der Waals surface area contributed by atoms with Gasteiger partial charge in [0.05, 0.1) is 11.4 Å². The molecule has 1 aromatic rings. The molecule has 3 rings (SSSR count). The van der Waals surface area contributed by atoms with Gasteiger partial charge in [-0.1, -0.05) is 26.7 Å². The van der Waals surface area contributed by atoms with Crippen molar-refractivity contribution < 1.29 is 0 Å². The predicted octanol–water partition coefficient (Wildman–Crippen LogP) is 3.28. The third-order valence-corrected chi connectivity index (χ3v) is 5.14. The lowest BCUT2D eigenvalue weighted by Gasteiger charge is -2.45. The summed E-state index contributed by atoms with van der Waals surface area (Å²) < 4.78 is 2.02. The Bertz CT molecular complexity index is 475. The van der Waals surface area contributed by atoms with Gasteiger partial charge in [0.2, 0.25) is 0 Å². The van der Waals surface area contributed by atoms with Crippen LogP contribution in [0.4, 0.5) is 11.5 Å². The van der Waals surface area contributed by atoms with Crippen LogP contribution in [0.3, 0.4) is 0 Å². The zero-order chi connectivity index (χ0) is 14.3. The Morgan fingerprint density at radius 1 is 1.15 bits per heavy atom. The van der Waals surface area contributed by atoms with Crippen LogP contribution in [0.2, 0.25) is 0 Å². The summed E-state index contributed by atoms with van der Waals surface area (Å²) in [7, 11) is 2.05. The maximum Gasteiger partial charge on any atom is 0.150 e. The van der Waals surface area contributed by atoms with Crippen LogP contribution in [0.1, 0.15) is 64.0 Å². The first-order chi connectivity index (χ1) is 9.59. The molecule has 2 atom stereocenters. The third-order valence-electron chi connectivity index (χ3n) is 5.14. The van der Waals surface area contributed by atoms with Crippen molar-refractivity contribution >= 4 is 11.5 Å². The number of piperidine rings is 1. The molecule has 2 heterocycles. The lowest BCUT2D eigenvalue weighted by Crippen LogP contribution is -2.47. The molecule has 0 spiro atoms. The first kappa shape index (κ1) is 13.8. The summed E-state index contributed by atoms with van der Waals surface area (Å²) in [6, 6.07) is 0.690. The maximum absolute atomic E-state index is 6.43. The van der Waals surface area contributed by atoms with Gasteiger partial charge in [0.1, 0.15) is 0 Å². The molecule has 20 heavy (non-hydrogen) atoms. The molecule has 2 fully saturated rings. The lowest BCUT2D eigenvalue weighted by atomic mass is 9.78. The van der Waals surface area contributed by atoms with Gasteiger partial charge in [-0.05, 0) is 37.5 Å². The minimum atomic E-state index is 0.391. The minimum absolute atomic E-state index is 0.391. The van der Waals surface area contributed by atoms with E-state index in [9.17, 15) is 0 Å². The number of aryl methyl sites for hydroxylation is 1. The molecule has 1 aliphatic heterocycles. The van der Waals surface area contributed by atoms with Gasteiger partial charge in [0.15, 0.2) is 5.82 Å². The fourth-order valence-electron chi connectivity index (χ4n) is 4.21. The normalized spacial score (nSPS) is 26.9. The average Bonchev–Trinajstić information content (AvgIpc) is 2.74. The number of hydrogen-bond acceptors (Lipinski definition) is 3. The van der Waals surface area contributed by atoms with E-state index in [0.717, 1.165) is 23.8 Å². The van der Waals surface area contributed by atoms with E-state index >= 15 is 0 Å². The fraction of sp³-hybridized carbons (Fsp3) is 0.812. The predicted molar refractivity (Wildman–Crippen MR) is 84.0 cm³/mol. The van der Waals surface area contributed by atoms with Crippen LogP contribution in [0, 0.1) is 5.92 Å². The highest BCUT2D eigenvalue weighted by molar-refractivity contribution is 5.67. The van der Waals surface area contributed by atoms with E-state index in [1.54, 1.807) is 0 Å². The monoisotopic (exact) mass is 276 g/mol. The lowest BCUT2D eigenvalue weighted by molar-refractivity contribution is 0.241. The van der Waals surface area contributed by atoms with Gasteiger partial charge in [-0.2, -0.15) is 5.10 Å². The molecule has 1 saturated heterocycles. The molecule has 2 N–H and O–H groups in total. The second kappa shape index (κ2) is 5.30. The van der Waals surface area contributed by atoms with E-state index in [1.165, 1.54) is 44.3 Å². The Morgan fingerprint density at radius 2 is 1.85 bits per heavy atom. The highest BCUT2D eigenvalue weighted by atomic mass is 15.4. The zero-order valence-electron chi connectivity index (χ0n) is 13.1. The summed E-state index contributed by atoms with van der Waals surface area (Å²) in [6.45, 7) is 5.48. The van der Waals surface area contributed by atoms with Crippen molar-refractivity contribution in [2.24, 2.45) is 13.0 Å². The summed E-state index contributed by atoms with van der Waals surface area (Å²) in [5.41, 5.74) is 8.40. The van der Waals surface area contributed by atoms with Crippen molar-refractivity contribution in [2.75, 3.05) is 17.2 Å². The first-order valence-corrected chi connectivity index (χ1v) is 8.18. The summed E-state index contributed by atoms with van der Waals surface area (Å²) in [5.74, 6) is 2.43. The molecule has 1 aromatic heterocycles. The maximum atomic E-state index is 6.43. The van der Waals surface area contributed by atoms with E-state index < -0.39 is 0 Å². The van der Waals surface area contributed by atoms with E-state index in [2.05, 4.69) is 23.8 Å². The quantitative estimate of drug-likeness (QED) is 0.901. The molecule has 0 amide bonds. The Morgan fingerprint density at radius 3 is 2.55 bits per heavy atom. The van der Waals surface area contributed by atoms with Crippen molar-refractivity contribution in [3.8, 4) is 0 Å². The summed E-state index contributed by atoms with van der Waals surface area (Å²) >= 11 is 0. The van der Waals surface area contributed by atoms with Gasteiger partial charge in [-0.3, -0.25) is 4.68 Å². The van der Waals surface area contributed by atoms with Gasteiger partial charge in [0.25, 0.3) is 0 Å². The number of fused-ring (bicyclic) bond motifs is 1. The van der Waals surface area contributed by atoms with Crippen LogP contribution in [0.5, 0.6) is 0 Å². The number of anilines is 2. The molecule has 1 saturated carbocycles. The Balaban J connectivity index is 1.95. The largest absolute Gasteiger partial charge is 0.394 e. The first-order valence-electron chi connectivity index (χ1n) is 8.18. The van der Waals surface area contributed by atoms with E-state index in [0.29, 0.717) is 12.0 Å². The highest BCUT2D eigenvalue weighted by Gasteiger charge is 2.36. The molecule has 4 heteroatoms. The fourth-order valence-corrected chi connectivity index (χ4v) is 4.21. The molecule has 112 valence electrons. The van der Waals surface area contributed by atoms with Crippen molar-refractivity contribution in [1.82, 2.24) is 9.78 Å². The molecule has 0 aromatic carbocycles. The standard InChI is InChI=1S/C16H28N4/c1-11(2)15-14(17)16(19(3)18-15)20-10-6-8-12-7-4-5-9-13(12)20/h11-13H,4-10,17H2,1-3H3. The highest BCUT2D eigenvalue weighted by Crippen LogP contribution is 2.40. The van der Waals surface area contributed by atoms with Gasteiger partial charge in [0, 0.05) is 19.6 Å². The number of nitrogens with two attached hydrogens (primary N) is 1. The zero-order valence-corrected chi connectivity index (χ0v) is 13.1. The topological polar surface area (TPSA) is 47.1 Å². The van der Waals surface area contributed by atoms with Crippen LogP contribution in [-0.2, 0) is 7.05 Å². The molecule has 1 aliphatic carbocycles. The smallest absolute Gasteiger partial charge is 0.150 e. The van der Waals surface area contributed by atoms with Crippen molar-refractivity contribution in [3.63, 3.8) is 0 Å². The second-order valence-corrected chi connectivity index (χ2v) is 6.85. The van der Waals surface area contributed by atoms with Crippen LogP contribution in [0.15, 0.2) is 0 Å². The van der Waals surface area contributed by atoms with Crippen molar-refractivity contribution in [3.05, 3.63) is 5.69 Å². The van der Waals surface area contributed by atoms with Crippen LogP contribution >= 0.6 is 0 Å². The molecule has 4 nitrogen and oxygen atoms in total. The van der Waals surface area contributed by atoms with Crippen molar-refractivity contribution in [2.45, 2.75) is 64.3 Å². The molecular weight excluding hydrogens is 248 g/mol. The van der Waals surface area contributed by atoms with E-state index in [1.807, 2.05) is 11.7 Å². The van der Waals surface area contributed by atoms with Crippen LogP contribution in [-0.4, -0.2) is 22.4 Å². The molecule has 0 radical (unpaired) electrons. The number of nitrogen functional groups attached to an aromatic ring is 1. The number of rotatable bonds is 2. The Kier molecular flexibility index (Phi) is 3.65. The van der Waals surface area contributed by atoms with Gasteiger partial charge >= 0.3 is 0 Å².